The maximum atomic E-state index is 14.1. The zero-order valence-corrected chi connectivity index (χ0v) is 15.8. The summed E-state index contributed by atoms with van der Waals surface area (Å²) in [6.45, 7) is 2.15. The van der Waals surface area contributed by atoms with Crippen LogP contribution in [0.5, 0.6) is 0 Å². The van der Waals surface area contributed by atoms with Crippen LogP contribution in [0.1, 0.15) is 18.2 Å². The number of urea groups is 1. The predicted octanol–water partition coefficient (Wildman–Crippen LogP) is 3.41. The lowest BCUT2D eigenvalue weighted by Crippen LogP contribution is -2.44. The average Bonchev–Trinajstić information content (AvgIpc) is 3.08. The van der Waals surface area contributed by atoms with Crippen molar-refractivity contribution in [3.05, 3.63) is 52.5 Å². The Morgan fingerprint density at radius 2 is 2.11 bits per heavy atom. The lowest BCUT2D eigenvalue weighted by Gasteiger charge is -2.32. The second kappa shape index (κ2) is 7.03. The Morgan fingerprint density at radius 3 is 2.89 bits per heavy atom. The van der Waals surface area contributed by atoms with E-state index in [2.05, 4.69) is 41.4 Å². The van der Waals surface area contributed by atoms with Gasteiger partial charge in [0.25, 0.3) is 0 Å². The van der Waals surface area contributed by atoms with Crippen LogP contribution in [0.25, 0.3) is 11.5 Å². The van der Waals surface area contributed by atoms with E-state index in [4.69, 9.17) is 4.52 Å². The van der Waals surface area contributed by atoms with Gasteiger partial charge in [-0.25, -0.2) is 24.1 Å². The summed E-state index contributed by atoms with van der Waals surface area (Å²) < 4.78 is 19.6. The third kappa shape index (κ3) is 3.27. The van der Waals surface area contributed by atoms with Gasteiger partial charge < -0.3 is 14.7 Å². The van der Waals surface area contributed by atoms with E-state index in [1.54, 1.807) is 23.4 Å². The summed E-state index contributed by atoms with van der Waals surface area (Å²) in [7, 11) is 0. The van der Waals surface area contributed by atoms with Gasteiger partial charge in [0.05, 0.1) is 12.2 Å². The highest BCUT2D eigenvalue weighted by molar-refractivity contribution is 9.10. The first kappa shape index (κ1) is 17.5. The molecule has 1 aliphatic rings. The molecule has 138 valence electrons. The number of rotatable bonds is 2. The molecule has 1 N–H and O–H groups in total. The number of carbonyl (C=O) groups is 1. The van der Waals surface area contributed by atoms with Gasteiger partial charge in [-0.2, -0.15) is 0 Å². The average molecular weight is 433 g/mol. The van der Waals surface area contributed by atoms with Gasteiger partial charge in [-0.3, -0.25) is 0 Å². The van der Waals surface area contributed by atoms with Crippen molar-refractivity contribution in [3.8, 4) is 11.5 Å². The van der Waals surface area contributed by atoms with Crippen molar-refractivity contribution < 1.29 is 13.7 Å². The minimum atomic E-state index is -0.625. The third-order valence-corrected chi connectivity index (χ3v) is 4.89. The summed E-state index contributed by atoms with van der Waals surface area (Å²) in [5.74, 6) is 0.507. The molecule has 0 fully saturated rings. The molecular formula is C17H14BrFN6O2. The molecule has 3 aromatic heterocycles. The largest absolute Gasteiger partial charge is 0.360 e. The SMILES string of the molecule is C[C@H]1Cc2onc(-c3ncccn3)c2CN1C(=O)Nc1ccnc(Br)c1F. The highest BCUT2D eigenvalue weighted by Crippen LogP contribution is 2.31. The number of amides is 2. The summed E-state index contributed by atoms with van der Waals surface area (Å²) >= 11 is 3.01. The lowest BCUT2D eigenvalue weighted by molar-refractivity contribution is 0.176. The smallest absolute Gasteiger partial charge is 0.322 e. The van der Waals surface area contributed by atoms with Crippen LogP contribution in [-0.2, 0) is 13.0 Å². The Bertz CT molecular complexity index is 996. The number of halogens is 2. The Labute approximate surface area is 161 Å². The normalized spacial score (nSPS) is 16.1. The number of aromatic nitrogens is 4. The van der Waals surface area contributed by atoms with E-state index < -0.39 is 11.8 Å². The van der Waals surface area contributed by atoms with Gasteiger partial charge in [0, 0.05) is 36.6 Å². The Kier molecular flexibility index (Phi) is 4.56. The van der Waals surface area contributed by atoms with Crippen molar-refractivity contribution in [1.29, 1.82) is 0 Å². The van der Waals surface area contributed by atoms with E-state index in [1.165, 1.54) is 12.3 Å². The minimum Gasteiger partial charge on any atom is -0.360 e. The molecular weight excluding hydrogens is 419 g/mol. The van der Waals surface area contributed by atoms with Crippen LogP contribution in [0.2, 0.25) is 0 Å². The molecule has 0 radical (unpaired) electrons. The van der Waals surface area contributed by atoms with Crippen molar-refractivity contribution in [2.45, 2.75) is 25.9 Å². The molecule has 2 amide bonds. The second-order valence-electron chi connectivity index (χ2n) is 6.08. The van der Waals surface area contributed by atoms with E-state index >= 15 is 0 Å². The molecule has 10 heteroatoms. The lowest BCUT2D eigenvalue weighted by atomic mass is 10.0. The van der Waals surface area contributed by atoms with Crippen LogP contribution in [-0.4, -0.2) is 37.1 Å². The second-order valence-corrected chi connectivity index (χ2v) is 6.83. The van der Waals surface area contributed by atoms with Gasteiger partial charge in [0.1, 0.15) is 10.4 Å². The highest BCUT2D eigenvalue weighted by atomic mass is 79.9. The van der Waals surface area contributed by atoms with Crippen molar-refractivity contribution in [1.82, 2.24) is 25.0 Å². The van der Waals surface area contributed by atoms with Crippen molar-refractivity contribution in [2.24, 2.45) is 0 Å². The molecule has 0 aliphatic carbocycles. The molecule has 4 rings (SSSR count). The summed E-state index contributed by atoms with van der Waals surface area (Å²) in [5.41, 5.74) is 1.32. The van der Waals surface area contributed by atoms with E-state index in [0.29, 0.717) is 23.7 Å². The molecule has 8 nitrogen and oxygen atoms in total. The first-order valence-corrected chi connectivity index (χ1v) is 8.96. The van der Waals surface area contributed by atoms with Gasteiger partial charge in [-0.15, -0.1) is 0 Å². The van der Waals surface area contributed by atoms with Crippen LogP contribution >= 0.6 is 15.9 Å². The first-order valence-electron chi connectivity index (χ1n) is 8.17. The molecule has 1 atom stereocenters. The molecule has 0 unspecified atom stereocenters. The first-order chi connectivity index (χ1) is 13.0. The number of anilines is 1. The number of hydrogen-bond donors (Lipinski definition) is 1. The van der Waals surface area contributed by atoms with Crippen LogP contribution in [0.3, 0.4) is 0 Å². The Hall–Kier alpha value is -2.88. The topological polar surface area (TPSA) is 97.0 Å². The van der Waals surface area contributed by atoms with E-state index in [1.807, 2.05) is 6.92 Å². The molecule has 4 heterocycles. The summed E-state index contributed by atoms with van der Waals surface area (Å²) in [6.07, 6.45) is 5.13. The van der Waals surface area contributed by atoms with E-state index in [0.717, 1.165) is 5.56 Å². The monoisotopic (exact) mass is 432 g/mol. The maximum absolute atomic E-state index is 14.1. The van der Waals surface area contributed by atoms with Crippen molar-refractivity contribution >= 4 is 27.6 Å². The summed E-state index contributed by atoms with van der Waals surface area (Å²) in [4.78, 5) is 26.5. The van der Waals surface area contributed by atoms with E-state index in [-0.39, 0.29) is 22.9 Å². The molecule has 0 spiro atoms. The third-order valence-electron chi connectivity index (χ3n) is 4.34. The van der Waals surface area contributed by atoms with Crippen molar-refractivity contribution in [3.63, 3.8) is 0 Å². The number of fused-ring (bicyclic) bond motifs is 1. The number of nitrogens with one attached hydrogen (secondary N) is 1. The molecule has 0 saturated carbocycles. The predicted molar refractivity (Wildman–Crippen MR) is 97.2 cm³/mol. The van der Waals surface area contributed by atoms with Crippen LogP contribution in [0, 0.1) is 5.82 Å². The fourth-order valence-electron chi connectivity index (χ4n) is 2.94. The fraction of sp³-hybridized carbons (Fsp3) is 0.235. The number of nitrogens with zero attached hydrogens (tertiary/aromatic N) is 5. The summed E-state index contributed by atoms with van der Waals surface area (Å²) in [5, 5.41) is 6.67. The zero-order chi connectivity index (χ0) is 19.0. The number of pyridine rings is 1. The van der Waals surface area contributed by atoms with E-state index in [9.17, 15) is 9.18 Å². The standard InChI is InChI=1S/C17H14BrFN6O2/c1-9-7-12-10(14(24-27-12)16-21-4-2-5-22-16)8-25(9)17(26)23-11-3-6-20-15(18)13(11)19/h2-6,9H,7-8H2,1H3,(H,20,23,26)/t9-/m0/s1. The molecule has 1 aliphatic heterocycles. The Balaban J connectivity index is 1.60. The Morgan fingerprint density at radius 1 is 1.33 bits per heavy atom. The molecule has 0 bridgehead atoms. The molecule has 27 heavy (non-hydrogen) atoms. The van der Waals surface area contributed by atoms with Crippen LogP contribution < -0.4 is 5.32 Å². The van der Waals surface area contributed by atoms with Gasteiger partial charge in [-0.1, -0.05) is 5.16 Å². The highest BCUT2D eigenvalue weighted by Gasteiger charge is 2.33. The summed E-state index contributed by atoms with van der Waals surface area (Å²) in [6, 6.07) is 2.54. The number of hydrogen-bond acceptors (Lipinski definition) is 6. The zero-order valence-electron chi connectivity index (χ0n) is 14.2. The maximum Gasteiger partial charge on any atom is 0.322 e. The molecule has 0 saturated heterocycles. The number of carbonyl (C=O) groups excluding carboxylic acids is 1. The molecule has 0 aromatic carbocycles. The van der Waals surface area contributed by atoms with Gasteiger partial charge >= 0.3 is 6.03 Å². The quantitative estimate of drug-likeness (QED) is 0.623. The fourth-order valence-corrected chi connectivity index (χ4v) is 3.27. The van der Waals surface area contributed by atoms with Crippen molar-refractivity contribution in [2.75, 3.05) is 5.32 Å². The van der Waals surface area contributed by atoms with Gasteiger partial charge in [0.15, 0.2) is 17.3 Å². The molecule has 3 aromatic rings. The van der Waals surface area contributed by atoms with Crippen LogP contribution in [0.15, 0.2) is 39.8 Å². The van der Waals surface area contributed by atoms with Gasteiger partial charge in [-0.05, 0) is 35.0 Å². The van der Waals surface area contributed by atoms with Gasteiger partial charge in [0.2, 0.25) is 0 Å². The minimum absolute atomic E-state index is 0.0387. The van der Waals surface area contributed by atoms with Crippen LogP contribution in [0.4, 0.5) is 14.9 Å².